The highest BCUT2D eigenvalue weighted by Crippen LogP contribution is 2.36. The zero-order valence-corrected chi connectivity index (χ0v) is 13.8. The summed E-state index contributed by atoms with van der Waals surface area (Å²) in [5.74, 6) is 0.978. The number of benzene rings is 1. The SMILES string of the molecule is CCC1(CC)CCN(CCOc2ccc(CNC)cc2)C1. The van der Waals surface area contributed by atoms with Crippen LogP contribution in [0.25, 0.3) is 0 Å². The molecule has 0 aliphatic carbocycles. The summed E-state index contributed by atoms with van der Waals surface area (Å²) in [5.41, 5.74) is 1.86. The summed E-state index contributed by atoms with van der Waals surface area (Å²) < 4.78 is 5.87. The first-order chi connectivity index (χ1) is 10.2. The van der Waals surface area contributed by atoms with E-state index in [1.165, 1.54) is 37.9 Å². The van der Waals surface area contributed by atoms with E-state index in [1.54, 1.807) is 0 Å². The molecule has 0 bridgehead atoms. The summed E-state index contributed by atoms with van der Waals surface area (Å²) in [7, 11) is 1.97. The first kappa shape index (κ1) is 16.3. The van der Waals surface area contributed by atoms with Crippen molar-refractivity contribution in [2.45, 2.75) is 39.7 Å². The molecule has 1 aromatic rings. The van der Waals surface area contributed by atoms with Crippen LogP contribution in [-0.4, -0.2) is 38.2 Å². The normalized spacial score (nSPS) is 18.0. The van der Waals surface area contributed by atoms with Gasteiger partial charge in [0.1, 0.15) is 12.4 Å². The van der Waals surface area contributed by atoms with Crippen LogP contribution in [-0.2, 0) is 6.54 Å². The molecular formula is C18H30N2O. The molecule has 1 aliphatic rings. The highest BCUT2D eigenvalue weighted by Gasteiger charge is 2.34. The smallest absolute Gasteiger partial charge is 0.119 e. The van der Waals surface area contributed by atoms with Crippen LogP contribution in [0.15, 0.2) is 24.3 Å². The quantitative estimate of drug-likeness (QED) is 0.795. The highest BCUT2D eigenvalue weighted by atomic mass is 16.5. The Bertz CT molecular complexity index is 412. The summed E-state index contributed by atoms with van der Waals surface area (Å²) in [6.45, 7) is 9.86. The molecule has 0 radical (unpaired) electrons. The van der Waals surface area contributed by atoms with E-state index in [0.717, 1.165) is 25.4 Å². The lowest BCUT2D eigenvalue weighted by atomic mass is 9.82. The van der Waals surface area contributed by atoms with E-state index in [1.807, 2.05) is 7.05 Å². The minimum Gasteiger partial charge on any atom is -0.492 e. The minimum absolute atomic E-state index is 0.564. The number of hydrogen-bond donors (Lipinski definition) is 1. The van der Waals surface area contributed by atoms with Crippen molar-refractivity contribution in [3.05, 3.63) is 29.8 Å². The van der Waals surface area contributed by atoms with Crippen molar-refractivity contribution in [3.63, 3.8) is 0 Å². The largest absolute Gasteiger partial charge is 0.492 e. The molecule has 1 fully saturated rings. The number of ether oxygens (including phenoxy) is 1. The lowest BCUT2D eigenvalue weighted by Gasteiger charge is -2.26. The van der Waals surface area contributed by atoms with Crippen LogP contribution in [0.3, 0.4) is 0 Å². The Balaban J connectivity index is 1.72. The molecule has 1 saturated heterocycles. The van der Waals surface area contributed by atoms with Gasteiger partial charge < -0.3 is 10.1 Å². The first-order valence-corrected chi connectivity index (χ1v) is 8.30. The molecule has 0 spiro atoms. The fraction of sp³-hybridized carbons (Fsp3) is 0.667. The molecule has 0 unspecified atom stereocenters. The van der Waals surface area contributed by atoms with Crippen LogP contribution >= 0.6 is 0 Å². The van der Waals surface area contributed by atoms with Gasteiger partial charge >= 0.3 is 0 Å². The van der Waals surface area contributed by atoms with Crippen LogP contribution < -0.4 is 10.1 Å². The van der Waals surface area contributed by atoms with E-state index in [4.69, 9.17) is 4.74 Å². The Morgan fingerprint density at radius 2 is 1.90 bits per heavy atom. The van der Waals surface area contributed by atoms with Gasteiger partial charge in [-0.15, -0.1) is 0 Å². The molecule has 0 aromatic heterocycles. The first-order valence-electron chi connectivity index (χ1n) is 8.30. The van der Waals surface area contributed by atoms with Gasteiger partial charge in [-0.05, 0) is 56.0 Å². The summed E-state index contributed by atoms with van der Waals surface area (Å²) >= 11 is 0. The van der Waals surface area contributed by atoms with Gasteiger partial charge in [0.15, 0.2) is 0 Å². The third-order valence-corrected chi connectivity index (χ3v) is 5.00. The zero-order chi connectivity index (χ0) is 15.1. The highest BCUT2D eigenvalue weighted by molar-refractivity contribution is 5.27. The molecular weight excluding hydrogens is 260 g/mol. The summed E-state index contributed by atoms with van der Waals surface area (Å²) in [6.07, 6.45) is 3.94. The Morgan fingerprint density at radius 1 is 1.19 bits per heavy atom. The van der Waals surface area contributed by atoms with Gasteiger partial charge in [-0.3, -0.25) is 4.90 Å². The van der Waals surface area contributed by atoms with Crippen molar-refractivity contribution < 1.29 is 4.74 Å². The Labute approximate surface area is 129 Å². The van der Waals surface area contributed by atoms with Crippen molar-refractivity contribution in [2.75, 3.05) is 33.3 Å². The van der Waals surface area contributed by atoms with E-state index < -0.39 is 0 Å². The predicted octanol–water partition coefficient (Wildman–Crippen LogP) is 3.30. The van der Waals surface area contributed by atoms with Crippen molar-refractivity contribution in [2.24, 2.45) is 5.41 Å². The van der Waals surface area contributed by atoms with Crippen molar-refractivity contribution in [1.29, 1.82) is 0 Å². The maximum Gasteiger partial charge on any atom is 0.119 e. The fourth-order valence-corrected chi connectivity index (χ4v) is 3.25. The van der Waals surface area contributed by atoms with Crippen LogP contribution in [0.4, 0.5) is 0 Å². The molecule has 3 heteroatoms. The third kappa shape index (κ3) is 4.45. The van der Waals surface area contributed by atoms with Crippen LogP contribution in [0.1, 0.15) is 38.7 Å². The van der Waals surface area contributed by atoms with E-state index in [-0.39, 0.29) is 0 Å². The van der Waals surface area contributed by atoms with Crippen molar-refractivity contribution in [1.82, 2.24) is 10.2 Å². The molecule has 1 N–H and O–H groups in total. The number of hydrogen-bond acceptors (Lipinski definition) is 3. The van der Waals surface area contributed by atoms with Gasteiger partial charge in [0, 0.05) is 19.6 Å². The van der Waals surface area contributed by atoms with E-state index >= 15 is 0 Å². The molecule has 1 heterocycles. The topological polar surface area (TPSA) is 24.5 Å². The van der Waals surface area contributed by atoms with Crippen LogP contribution in [0.2, 0.25) is 0 Å². The van der Waals surface area contributed by atoms with E-state index in [9.17, 15) is 0 Å². The summed E-state index contributed by atoms with van der Waals surface area (Å²) in [5, 5.41) is 3.15. The van der Waals surface area contributed by atoms with Gasteiger partial charge in [-0.25, -0.2) is 0 Å². The second-order valence-corrected chi connectivity index (χ2v) is 6.26. The predicted molar refractivity (Wildman–Crippen MR) is 88.8 cm³/mol. The van der Waals surface area contributed by atoms with Gasteiger partial charge in [0.2, 0.25) is 0 Å². The van der Waals surface area contributed by atoms with Crippen LogP contribution in [0.5, 0.6) is 5.75 Å². The number of rotatable bonds is 8. The van der Waals surface area contributed by atoms with Crippen molar-refractivity contribution >= 4 is 0 Å². The zero-order valence-electron chi connectivity index (χ0n) is 13.8. The van der Waals surface area contributed by atoms with Gasteiger partial charge in [0.05, 0.1) is 0 Å². The number of likely N-dealkylation sites (tertiary alicyclic amines) is 1. The molecule has 1 aromatic carbocycles. The third-order valence-electron chi connectivity index (χ3n) is 5.00. The van der Waals surface area contributed by atoms with Gasteiger partial charge in [-0.1, -0.05) is 26.0 Å². The molecule has 21 heavy (non-hydrogen) atoms. The van der Waals surface area contributed by atoms with Crippen LogP contribution in [0, 0.1) is 5.41 Å². The molecule has 3 nitrogen and oxygen atoms in total. The van der Waals surface area contributed by atoms with Gasteiger partial charge in [0.25, 0.3) is 0 Å². The van der Waals surface area contributed by atoms with Gasteiger partial charge in [-0.2, -0.15) is 0 Å². The molecule has 0 saturated carbocycles. The Kier molecular flexibility index (Phi) is 6.07. The molecule has 0 atom stereocenters. The maximum atomic E-state index is 5.87. The number of nitrogens with zero attached hydrogens (tertiary/aromatic N) is 1. The van der Waals surface area contributed by atoms with E-state index in [2.05, 4.69) is 48.3 Å². The second kappa shape index (κ2) is 7.81. The monoisotopic (exact) mass is 290 g/mol. The molecule has 2 rings (SSSR count). The summed E-state index contributed by atoms with van der Waals surface area (Å²) in [4.78, 5) is 2.56. The molecule has 118 valence electrons. The Morgan fingerprint density at radius 3 is 2.48 bits per heavy atom. The van der Waals surface area contributed by atoms with E-state index in [0.29, 0.717) is 5.41 Å². The standard InChI is InChI=1S/C18H30N2O/c1-4-18(5-2)10-11-20(15-18)12-13-21-17-8-6-16(7-9-17)14-19-3/h6-9,19H,4-5,10-15H2,1-3H3. The number of nitrogens with one attached hydrogen (secondary N) is 1. The van der Waals surface area contributed by atoms with Crippen molar-refractivity contribution in [3.8, 4) is 5.75 Å². The Hall–Kier alpha value is -1.06. The minimum atomic E-state index is 0.564. The average molecular weight is 290 g/mol. The lowest BCUT2D eigenvalue weighted by Crippen LogP contribution is -2.29. The molecule has 1 aliphatic heterocycles. The molecule has 0 amide bonds. The fourth-order valence-electron chi connectivity index (χ4n) is 3.25. The summed E-state index contributed by atoms with van der Waals surface area (Å²) in [6, 6.07) is 8.39. The lowest BCUT2D eigenvalue weighted by molar-refractivity contribution is 0.204. The second-order valence-electron chi connectivity index (χ2n) is 6.26. The maximum absolute atomic E-state index is 5.87. The average Bonchev–Trinajstić information content (AvgIpc) is 2.94.